The summed E-state index contributed by atoms with van der Waals surface area (Å²) in [4.78, 5) is 11.8. The Balaban J connectivity index is 1.99. The number of carbonyl (C=O) groups is 1. The van der Waals surface area contributed by atoms with Gasteiger partial charge in [-0.2, -0.15) is 0 Å². The maximum atomic E-state index is 13.5. The summed E-state index contributed by atoms with van der Waals surface area (Å²) >= 11 is 5.65. The number of anilines is 1. The number of rotatable bonds is 3. The molecule has 0 saturated heterocycles. The lowest BCUT2D eigenvalue weighted by Gasteiger charge is -2.15. The van der Waals surface area contributed by atoms with Crippen molar-refractivity contribution < 1.29 is 9.18 Å². The van der Waals surface area contributed by atoms with Crippen molar-refractivity contribution in [1.29, 1.82) is 0 Å². The van der Waals surface area contributed by atoms with Gasteiger partial charge in [0.15, 0.2) is 0 Å². The van der Waals surface area contributed by atoms with Crippen molar-refractivity contribution in [2.24, 2.45) is 0 Å². The fourth-order valence-electron chi connectivity index (χ4n) is 1.77. The molecule has 0 radical (unpaired) electrons. The minimum Gasteiger partial charge on any atom is -0.331 e. The summed E-state index contributed by atoms with van der Waals surface area (Å²) in [5.41, 5.74) is 1.06. The Kier molecular flexibility index (Phi) is 4.58. The van der Waals surface area contributed by atoms with Crippen LogP contribution in [0.25, 0.3) is 0 Å². The molecule has 0 fully saturated rings. The van der Waals surface area contributed by atoms with Gasteiger partial charge in [-0.05, 0) is 30.7 Å². The Morgan fingerprint density at radius 3 is 2.55 bits per heavy atom. The number of hydrogen-bond donors (Lipinski definition) is 2. The number of carbonyl (C=O) groups excluding carboxylic acids is 1. The standard InChI is InChI=1S/C15H14ClFN2O/c1-10(11-5-3-2-4-6-11)18-15(20)19-14-8-7-12(16)9-13(14)17/h2-10H,1H3,(H2,18,19,20)/t10-/m1/s1. The molecular weight excluding hydrogens is 279 g/mol. The van der Waals surface area contributed by atoms with Crippen LogP contribution in [0, 0.1) is 5.82 Å². The lowest BCUT2D eigenvalue weighted by atomic mass is 10.1. The summed E-state index contributed by atoms with van der Waals surface area (Å²) in [6.07, 6.45) is 0. The minimum atomic E-state index is -0.569. The maximum absolute atomic E-state index is 13.5. The van der Waals surface area contributed by atoms with Crippen LogP contribution in [0.1, 0.15) is 18.5 Å². The molecule has 0 bridgehead atoms. The molecule has 2 aromatic rings. The number of amides is 2. The van der Waals surface area contributed by atoms with Gasteiger partial charge in [-0.1, -0.05) is 41.9 Å². The van der Waals surface area contributed by atoms with Crippen molar-refractivity contribution in [3.63, 3.8) is 0 Å². The molecule has 0 aliphatic rings. The largest absolute Gasteiger partial charge is 0.331 e. The zero-order chi connectivity index (χ0) is 14.5. The minimum absolute atomic E-state index is 0.0900. The molecule has 20 heavy (non-hydrogen) atoms. The van der Waals surface area contributed by atoms with Gasteiger partial charge >= 0.3 is 6.03 Å². The summed E-state index contributed by atoms with van der Waals surface area (Å²) in [5, 5.41) is 5.47. The Hall–Kier alpha value is -2.07. The summed E-state index contributed by atoms with van der Waals surface area (Å²) in [7, 11) is 0. The van der Waals surface area contributed by atoms with Crippen LogP contribution in [0.5, 0.6) is 0 Å². The van der Waals surface area contributed by atoms with Crippen molar-refractivity contribution in [3.05, 3.63) is 64.9 Å². The highest BCUT2D eigenvalue weighted by atomic mass is 35.5. The van der Waals surface area contributed by atoms with Crippen LogP contribution in [0.15, 0.2) is 48.5 Å². The van der Waals surface area contributed by atoms with Crippen LogP contribution in [0.4, 0.5) is 14.9 Å². The molecule has 104 valence electrons. The van der Waals surface area contributed by atoms with Crippen molar-refractivity contribution in [1.82, 2.24) is 5.32 Å². The molecule has 1 atom stereocenters. The molecule has 0 heterocycles. The summed E-state index contributed by atoms with van der Waals surface area (Å²) in [5.74, 6) is -0.569. The van der Waals surface area contributed by atoms with Gasteiger partial charge in [-0.15, -0.1) is 0 Å². The lowest BCUT2D eigenvalue weighted by molar-refractivity contribution is 0.249. The average molecular weight is 293 g/mol. The highest BCUT2D eigenvalue weighted by Crippen LogP contribution is 2.19. The molecule has 0 aliphatic carbocycles. The van der Waals surface area contributed by atoms with Crippen molar-refractivity contribution >= 4 is 23.3 Å². The zero-order valence-electron chi connectivity index (χ0n) is 10.9. The van der Waals surface area contributed by atoms with Gasteiger partial charge in [-0.25, -0.2) is 9.18 Å². The molecule has 0 saturated carbocycles. The van der Waals surface area contributed by atoms with E-state index in [2.05, 4.69) is 10.6 Å². The van der Waals surface area contributed by atoms with Gasteiger partial charge in [0, 0.05) is 5.02 Å². The normalized spacial score (nSPS) is 11.8. The lowest BCUT2D eigenvalue weighted by Crippen LogP contribution is -2.31. The number of nitrogens with one attached hydrogen (secondary N) is 2. The van der Waals surface area contributed by atoms with E-state index in [0.29, 0.717) is 0 Å². The predicted octanol–water partition coefficient (Wildman–Crippen LogP) is 4.36. The average Bonchev–Trinajstić information content (AvgIpc) is 2.43. The molecule has 0 aromatic heterocycles. The zero-order valence-corrected chi connectivity index (χ0v) is 11.6. The van der Waals surface area contributed by atoms with Gasteiger partial charge < -0.3 is 10.6 Å². The third-order valence-electron chi connectivity index (χ3n) is 2.83. The molecule has 2 rings (SSSR count). The molecule has 2 amide bonds. The third kappa shape index (κ3) is 3.71. The first kappa shape index (κ1) is 14.3. The van der Waals surface area contributed by atoms with Crippen LogP contribution in [-0.2, 0) is 0 Å². The van der Waals surface area contributed by atoms with Crippen LogP contribution >= 0.6 is 11.6 Å². The van der Waals surface area contributed by atoms with Gasteiger partial charge in [-0.3, -0.25) is 0 Å². The second-order valence-electron chi connectivity index (χ2n) is 4.36. The van der Waals surface area contributed by atoms with Crippen LogP contribution < -0.4 is 10.6 Å². The monoisotopic (exact) mass is 292 g/mol. The Morgan fingerprint density at radius 2 is 1.90 bits per heavy atom. The van der Waals surface area contributed by atoms with Crippen molar-refractivity contribution in [3.8, 4) is 0 Å². The first-order valence-corrected chi connectivity index (χ1v) is 6.51. The highest BCUT2D eigenvalue weighted by molar-refractivity contribution is 6.30. The Morgan fingerprint density at radius 1 is 1.20 bits per heavy atom. The fourth-order valence-corrected chi connectivity index (χ4v) is 1.93. The van der Waals surface area contributed by atoms with Gasteiger partial charge in [0.25, 0.3) is 0 Å². The first-order chi connectivity index (χ1) is 9.56. The van der Waals surface area contributed by atoms with E-state index in [4.69, 9.17) is 11.6 Å². The van der Waals surface area contributed by atoms with E-state index in [0.717, 1.165) is 11.6 Å². The van der Waals surface area contributed by atoms with E-state index in [-0.39, 0.29) is 16.8 Å². The smallest absolute Gasteiger partial charge is 0.319 e. The van der Waals surface area contributed by atoms with E-state index in [1.54, 1.807) is 0 Å². The number of halogens is 2. The fraction of sp³-hybridized carbons (Fsp3) is 0.133. The quantitative estimate of drug-likeness (QED) is 0.867. The molecule has 0 aliphatic heterocycles. The van der Waals surface area contributed by atoms with E-state index in [1.807, 2.05) is 37.3 Å². The van der Waals surface area contributed by atoms with E-state index >= 15 is 0 Å². The Labute approximate surface area is 121 Å². The van der Waals surface area contributed by atoms with Crippen LogP contribution in [0.3, 0.4) is 0 Å². The summed E-state index contributed by atoms with van der Waals surface area (Å²) in [6.45, 7) is 1.85. The van der Waals surface area contributed by atoms with E-state index < -0.39 is 11.8 Å². The Bertz CT molecular complexity index is 604. The van der Waals surface area contributed by atoms with Crippen molar-refractivity contribution in [2.75, 3.05) is 5.32 Å². The number of hydrogen-bond acceptors (Lipinski definition) is 1. The molecule has 0 spiro atoms. The maximum Gasteiger partial charge on any atom is 0.319 e. The highest BCUT2D eigenvalue weighted by Gasteiger charge is 2.11. The second kappa shape index (κ2) is 6.39. The van der Waals surface area contributed by atoms with Gasteiger partial charge in [0.05, 0.1) is 11.7 Å². The first-order valence-electron chi connectivity index (χ1n) is 6.14. The van der Waals surface area contributed by atoms with Crippen LogP contribution in [-0.4, -0.2) is 6.03 Å². The predicted molar refractivity (Wildman–Crippen MR) is 78.4 cm³/mol. The van der Waals surface area contributed by atoms with Gasteiger partial charge in [0.2, 0.25) is 0 Å². The van der Waals surface area contributed by atoms with E-state index in [1.165, 1.54) is 12.1 Å². The van der Waals surface area contributed by atoms with Crippen molar-refractivity contribution in [2.45, 2.75) is 13.0 Å². The number of urea groups is 1. The topological polar surface area (TPSA) is 41.1 Å². The molecule has 0 unspecified atom stereocenters. The number of benzene rings is 2. The SMILES string of the molecule is C[C@@H](NC(=O)Nc1ccc(Cl)cc1F)c1ccccc1. The molecule has 3 nitrogen and oxygen atoms in total. The molecule has 5 heteroatoms. The van der Waals surface area contributed by atoms with E-state index in [9.17, 15) is 9.18 Å². The molecular formula is C15H14ClFN2O. The summed E-state index contributed by atoms with van der Waals surface area (Å²) in [6, 6.07) is 13.0. The third-order valence-corrected chi connectivity index (χ3v) is 3.06. The molecule has 2 aromatic carbocycles. The summed E-state index contributed by atoms with van der Waals surface area (Å²) < 4.78 is 13.5. The molecule has 2 N–H and O–H groups in total. The van der Waals surface area contributed by atoms with Gasteiger partial charge in [0.1, 0.15) is 5.82 Å². The van der Waals surface area contributed by atoms with Crippen LogP contribution in [0.2, 0.25) is 5.02 Å². The second-order valence-corrected chi connectivity index (χ2v) is 4.79.